The van der Waals surface area contributed by atoms with Crippen LogP contribution in [0.4, 0.5) is 10.1 Å². The molecule has 7 nitrogen and oxygen atoms in total. The van der Waals surface area contributed by atoms with Gasteiger partial charge in [0.05, 0.1) is 24.9 Å². The Labute approximate surface area is 176 Å². The van der Waals surface area contributed by atoms with Crippen LogP contribution in [0.5, 0.6) is 5.75 Å². The lowest BCUT2D eigenvalue weighted by molar-refractivity contribution is 0.198. The molecule has 30 heavy (non-hydrogen) atoms. The molecule has 0 amide bonds. The van der Waals surface area contributed by atoms with Gasteiger partial charge in [0.1, 0.15) is 11.6 Å². The maximum Gasteiger partial charge on any atom is 0.173 e. The van der Waals surface area contributed by atoms with Crippen molar-refractivity contribution in [3.05, 3.63) is 65.7 Å². The van der Waals surface area contributed by atoms with Gasteiger partial charge in [-0.15, -0.1) is 5.10 Å². The number of nitrogens with zero attached hydrogens (tertiary/aromatic N) is 6. The van der Waals surface area contributed by atoms with Gasteiger partial charge < -0.3 is 9.64 Å². The molecule has 1 aliphatic heterocycles. The molecule has 0 spiro atoms. The van der Waals surface area contributed by atoms with E-state index in [0.29, 0.717) is 5.69 Å². The third-order valence-electron chi connectivity index (χ3n) is 5.56. The molecule has 1 aromatic heterocycles. The molecule has 0 saturated carbocycles. The molecule has 158 valence electrons. The van der Waals surface area contributed by atoms with Crippen LogP contribution in [-0.2, 0) is 0 Å². The summed E-state index contributed by atoms with van der Waals surface area (Å²) in [5.74, 6) is 1.45. The fourth-order valence-electron chi connectivity index (χ4n) is 3.99. The molecule has 0 unspecified atom stereocenters. The zero-order valence-electron chi connectivity index (χ0n) is 17.6. The Morgan fingerprint density at radius 2 is 1.67 bits per heavy atom. The summed E-state index contributed by atoms with van der Waals surface area (Å²) in [7, 11) is 1.66. The number of methoxy groups -OCH3 is 1. The highest BCUT2D eigenvalue weighted by atomic mass is 19.1. The van der Waals surface area contributed by atoms with E-state index < -0.39 is 0 Å². The number of hydrogen-bond acceptors (Lipinski definition) is 6. The van der Waals surface area contributed by atoms with Crippen molar-refractivity contribution < 1.29 is 9.13 Å². The predicted molar refractivity (Wildman–Crippen MR) is 113 cm³/mol. The fourth-order valence-corrected chi connectivity index (χ4v) is 3.99. The maximum absolute atomic E-state index is 14.2. The van der Waals surface area contributed by atoms with Crippen LogP contribution in [0, 0.1) is 5.82 Å². The summed E-state index contributed by atoms with van der Waals surface area (Å²) in [6.45, 7) is 7.15. The fraction of sp³-hybridized carbons (Fsp3) is 0.409. The lowest BCUT2D eigenvalue weighted by atomic mass is 10.0. The van der Waals surface area contributed by atoms with Gasteiger partial charge in [0, 0.05) is 26.2 Å². The lowest BCUT2D eigenvalue weighted by Gasteiger charge is -2.40. The number of hydrogen-bond donors (Lipinski definition) is 0. The van der Waals surface area contributed by atoms with E-state index >= 15 is 0 Å². The van der Waals surface area contributed by atoms with E-state index in [9.17, 15) is 4.39 Å². The van der Waals surface area contributed by atoms with Gasteiger partial charge in [0.25, 0.3) is 0 Å². The average Bonchev–Trinajstić information content (AvgIpc) is 3.25. The molecule has 8 heteroatoms. The van der Waals surface area contributed by atoms with Crippen molar-refractivity contribution >= 4 is 5.69 Å². The van der Waals surface area contributed by atoms with Crippen molar-refractivity contribution in [3.63, 3.8) is 0 Å². The highest BCUT2D eigenvalue weighted by Gasteiger charge is 2.31. The smallest absolute Gasteiger partial charge is 0.173 e. The van der Waals surface area contributed by atoms with Gasteiger partial charge in [-0.2, -0.15) is 0 Å². The number of rotatable bonds is 6. The predicted octanol–water partition coefficient (Wildman–Crippen LogP) is 3.31. The minimum atomic E-state index is -0.179. The number of piperazine rings is 1. The molecular formula is C22H27FN6O. The van der Waals surface area contributed by atoms with Crippen LogP contribution in [0.2, 0.25) is 0 Å². The number of halogens is 1. The minimum absolute atomic E-state index is 0.0870. The number of benzene rings is 2. The zero-order chi connectivity index (χ0) is 21.1. The average molecular weight is 410 g/mol. The summed E-state index contributed by atoms with van der Waals surface area (Å²) in [6, 6.07) is 15.1. The number of ether oxygens (including phenoxy) is 1. The zero-order valence-corrected chi connectivity index (χ0v) is 17.6. The number of aromatic nitrogens is 4. The summed E-state index contributed by atoms with van der Waals surface area (Å²) in [6.07, 6.45) is 0. The molecule has 0 radical (unpaired) electrons. The topological polar surface area (TPSA) is 59.3 Å². The van der Waals surface area contributed by atoms with E-state index in [2.05, 4.69) is 51.3 Å². The first-order valence-electron chi connectivity index (χ1n) is 10.2. The van der Waals surface area contributed by atoms with Crippen molar-refractivity contribution in [1.82, 2.24) is 25.1 Å². The summed E-state index contributed by atoms with van der Waals surface area (Å²) in [4.78, 5) is 4.46. The van der Waals surface area contributed by atoms with Crippen LogP contribution < -0.4 is 9.64 Å². The third kappa shape index (κ3) is 4.00. The van der Waals surface area contributed by atoms with Crippen molar-refractivity contribution in [2.75, 3.05) is 38.2 Å². The summed E-state index contributed by atoms with van der Waals surface area (Å²) in [5, 5.41) is 12.5. The van der Waals surface area contributed by atoms with Gasteiger partial charge in [0.15, 0.2) is 5.82 Å². The molecule has 1 fully saturated rings. The van der Waals surface area contributed by atoms with Gasteiger partial charge in [-0.05, 0) is 54.1 Å². The summed E-state index contributed by atoms with van der Waals surface area (Å²) >= 11 is 0. The maximum atomic E-state index is 14.2. The van der Waals surface area contributed by atoms with Gasteiger partial charge in [0.2, 0.25) is 0 Å². The van der Waals surface area contributed by atoms with Gasteiger partial charge in [-0.1, -0.05) is 24.3 Å². The molecule has 0 bridgehead atoms. The van der Waals surface area contributed by atoms with Crippen LogP contribution >= 0.6 is 0 Å². The largest absolute Gasteiger partial charge is 0.497 e. The van der Waals surface area contributed by atoms with Crippen molar-refractivity contribution in [1.29, 1.82) is 0 Å². The van der Waals surface area contributed by atoms with E-state index in [-0.39, 0.29) is 17.9 Å². The third-order valence-corrected chi connectivity index (χ3v) is 5.56. The Morgan fingerprint density at radius 3 is 2.30 bits per heavy atom. The highest BCUT2D eigenvalue weighted by Crippen LogP contribution is 2.31. The first kappa shape index (κ1) is 20.3. The Hall–Kier alpha value is -3.00. The minimum Gasteiger partial charge on any atom is -0.497 e. The van der Waals surface area contributed by atoms with Crippen LogP contribution in [0.3, 0.4) is 0 Å². The molecule has 0 aliphatic carbocycles. The van der Waals surface area contributed by atoms with Crippen LogP contribution in [-0.4, -0.2) is 58.4 Å². The second-order valence-corrected chi connectivity index (χ2v) is 7.73. The Morgan fingerprint density at radius 1 is 0.967 bits per heavy atom. The lowest BCUT2D eigenvalue weighted by Crippen LogP contribution is -2.48. The second-order valence-electron chi connectivity index (χ2n) is 7.73. The Bertz CT molecular complexity index is 966. The molecule has 1 atom stereocenters. The van der Waals surface area contributed by atoms with Crippen LogP contribution in [0.15, 0.2) is 48.5 Å². The van der Waals surface area contributed by atoms with Crippen molar-refractivity contribution in [3.8, 4) is 5.75 Å². The van der Waals surface area contributed by atoms with E-state index in [1.54, 1.807) is 13.2 Å². The van der Waals surface area contributed by atoms with Gasteiger partial charge >= 0.3 is 0 Å². The Kier molecular flexibility index (Phi) is 5.94. The molecule has 4 rings (SSSR count). The van der Waals surface area contributed by atoms with Gasteiger partial charge in [-0.3, -0.25) is 4.90 Å². The summed E-state index contributed by atoms with van der Waals surface area (Å²) in [5.41, 5.74) is 1.76. The highest BCUT2D eigenvalue weighted by molar-refractivity contribution is 5.48. The van der Waals surface area contributed by atoms with E-state index in [1.165, 1.54) is 6.07 Å². The van der Waals surface area contributed by atoms with E-state index in [4.69, 9.17) is 4.74 Å². The monoisotopic (exact) mass is 410 g/mol. The van der Waals surface area contributed by atoms with Crippen LogP contribution in [0.25, 0.3) is 0 Å². The standard InChI is InChI=1S/C22H27FN6O/c1-16(2)29-22(24-25-26-29)21(17-8-10-18(30-3)11-9-17)28-14-12-27(13-15-28)20-7-5-4-6-19(20)23/h4-11,16,21H,12-15H2,1-3H3/t21-/m1/s1. The van der Waals surface area contributed by atoms with Crippen molar-refractivity contribution in [2.24, 2.45) is 0 Å². The molecule has 1 aliphatic rings. The van der Waals surface area contributed by atoms with Crippen LogP contribution in [0.1, 0.15) is 37.3 Å². The van der Waals surface area contributed by atoms with E-state index in [0.717, 1.165) is 43.3 Å². The molecule has 3 aromatic rings. The first-order valence-corrected chi connectivity index (χ1v) is 10.2. The molecule has 1 saturated heterocycles. The van der Waals surface area contributed by atoms with E-state index in [1.807, 2.05) is 28.9 Å². The molecule has 2 heterocycles. The van der Waals surface area contributed by atoms with Gasteiger partial charge in [-0.25, -0.2) is 9.07 Å². The quantitative estimate of drug-likeness (QED) is 0.621. The second kappa shape index (κ2) is 8.79. The number of anilines is 1. The number of tetrazole rings is 1. The van der Waals surface area contributed by atoms with Crippen molar-refractivity contribution in [2.45, 2.75) is 25.9 Å². The summed E-state index contributed by atoms with van der Waals surface area (Å²) < 4.78 is 21.4. The Balaban J connectivity index is 1.62. The molecular weight excluding hydrogens is 383 g/mol. The molecule has 2 aromatic carbocycles. The normalized spacial score (nSPS) is 16.1. The molecule has 0 N–H and O–H groups in total. The number of para-hydroxylation sites is 1. The SMILES string of the molecule is COc1ccc([C@H](c2nnnn2C(C)C)N2CCN(c3ccccc3F)CC2)cc1. The first-order chi connectivity index (χ1) is 14.6.